The third-order valence-corrected chi connectivity index (χ3v) is 2.94. The van der Waals surface area contributed by atoms with Crippen LogP contribution in [-0.2, 0) is 6.42 Å². The molecule has 0 unspecified atom stereocenters. The molecule has 0 saturated carbocycles. The maximum atomic E-state index is 3.87. The van der Waals surface area contributed by atoms with Crippen LogP contribution in [0.2, 0.25) is 0 Å². The number of aryl methyl sites for hydroxylation is 3. The van der Waals surface area contributed by atoms with E-state index < -0.39 is 0 Å². The molecule has 0 atom stereocenters. The average molecular weight is 203 g/mol. The maximum Gasteiger partial charge on any atom is -0.0276 e. The minimum Gasteiger partial charge on any atom is -0.0590 e. The van der Waals surface area contributed by atoms with Gasteiger partial charge in [0.05, 0.1) is 0 Å². The van der Waals surface area contributed by atoms with Gasteiger partial charge in [0.25, 0.3) is 0 Å². The SMILES string of the molecule is [CH2]CCCCCCc1ccc(C)cc1C. The summed E-state index contributed by atoms with van der Waals surface area (Å²) in [6.45, 7) is 8.24. The summed E-state index contributed by atoms with van der Waals surface area (Å²) >= 11 is 0. The first-order valence-corrected chi connectivity index (χ1v) is 6.09. The summed E-state index contributed by atoms with van der Waals surface area (Å²) in [5, 5.41) is 0. The van der Waals surface area contributed by atoms with Gasteiger partial charge in [-0.15, -0.1) is 0 Å². The molecule has 0 N–H and O–H groups in total. The molecule has 83 valence electrons. The van der Waals surface area contributed by atoms with Crippen LogP contribution in [0.3, 0.4) is 0 Å². The van der Waals surface area contributed by atoms with E-state index in [0.29, 0.717) is 0 Å². The number of hydrogen-bond donors (Lipinski definition) is 0. The highest BCUT2D eigenvalue weighted by Gasteiger charge is 1.98. The lowest BCUT2D eigenvalue weighted by molar-refractivity contribution is 0.644. The highest BCUT2D eigenvalue weighted by atomic mass is 14.0. The van der Waals surface area contributed by atoms with Crippen molar-refractivity contribution in [3.05, 3.63) is 41.8 Å². The van der Waals surface area contributed by atoms with E-state index in [1.807, 2.05) is 0 Å². The Kier molecular flexibility index (Phi) is 5.45. The summed E-state index contributed by atoms with van der Waals surface area (Å²) in [5.74, 6) is 0. The molecule has 1 rings (SSSR count). The van der Waals surface area contributed by atoms with Crippen molar-refractivity contribution in [2.24, 2.45) is 0 Å². The van der Waals surface area contributed by atoms with E-state index >= 15 is 0 Å². The van der Waals surface area contributed by atoms with Gasteiger partial charge in [-0.25, -0.2) is 0 Å². The second kappa shape index (κ2) is 6.66. The summed E-state index contributed by atoms with van der Waals surface area (Å²) in [7, 11) is 0. The van der Waals surface area contributed by atoms with Crippen molar-refractivity contribution in [1.82, 2.24) is 0 Å². The molecule has 0 amide bonds. The third-order valence-electron chi connectivity index (χ3n) is 2.94. The van der Waals surface area contributed by atoms with Crippen LogP contribution in [0.15, 0.2) is 18.2 Å². The predicted octanol–water partition coefficient (Wildman–Crippen LogP) is 4.63. The quantitative estimate of drug-likeness (QED) is 0.591. The molecular formula is C15H23. The van der Waals surface area contributed by atoms with Crippen molar-refractivity contribution in [2.45, 2.75) is 52.4 Å². The molecule has 0 aromatic heterocycles. The standard InChI is InChI=1S/C15H23/c1-4-5-6-7-8-9-15-11-10-13(2)12-14(15)3/h10-12H,1,4-9H2,2-3H3. The first-order chi connectivity index (χ1) is 7.24. The Balaban J connectivity index is 2.31. The van der Waals surface area contributed by atoms with Gasteiger partial charge < -0.3 is 0 Å². The topological polar surface area (TPSA) is 0 Å². The molecule has 1 aromatic rings. The van der Waals surface area contributed by atoms with E-state index in [-0.39, 0.29) is 0 Å². The van der Waals surface area contributed by atoms with Crippen molar-refractivity contribution < 1.29 is 0 Å². The normalized spacial score (nSPS) is 10.6. The van der Waals surface area contributed by atoms with Crippen LogP contribution in [0.25, 0.3) is 0 Å². The minimum atomic E-state index is 1.09. The lowest BCUT2D eigenvalue weighted by atomic mass is 10.00. The van der Waals surface area contributed by atoms with E-state index in [1.54, 1.807) is 0 Å². The lowest BCUT2D eigenvalue weighted by Gasteiger charge is -2.06. The van der Waals surface area contributed by atoms with Gasteiger partial charge in [-0.2, -0.15) is 0 Å². The fourth-order valence-electron chi connectivity index (χ4n) is 1.97. The number of unbranched alkanes of at least 4 members (excludes halogenated alkanes) is 4. The summed E-state index contributed by atoms with van der Waals surface area (Å²) in [6, 6.07) is 6.79. The summed E-state index contributed by atoms with van der Waals surface area (Å²) in [4.78, 5) is 0. The molecule has 0 aliphatic carbocycles. The largest absolute Gasteiger partial charge is 0.0590 e. The minimum absolute atomic E-state index is 1.09. The maximum absolute atomic E-state index is 3.87. The van der Waals surface area contributed by atoms with Gasteiger partial charge in [-0.05, 0) is 37.8 Å². The van der Waals surface area contributed by atoms with Crippen molar-refractivity contribution in [2.75, 3.05) is 0 Å². The van der Waals surface area contributed by atoms with E-state index in [2.05, 4.69) is 39.0 Å². The highest BCUT2D eigenvalue weighted by molar-refractivity contribution is 5.30. The molecule has 0 fully saturated rings. The highest BCUT2D eigenvalue weighted by Crippen LogP contribution is 2.14. The summed E-state index contributed by atoms with van der Waals surface area (Å²) in [5.41, 5.74) is 4.34. The molecule has 0 bridgehead atoms. The molecule has 0 heteroatoms. The Hall–Kier alpha value is -0.780. The Morgan fingerprint density at radius 1 is 1.00 bits per heavy atom. The Labute approximate surface area is 94.7 Å². The van der Waals surface area contributed by atoms with Crippen LogP contribution >= 0.6 is 0 Å². The van der Waals surface area contributed by atoms with E-state index in [4.69, 9.17) is 0 Å². The second-order valence-corrected chi connectivity index (χ2v) is 4.45. The first kappa shape index (κ1) is 12.3. The lowest BCUT2D eigenvalue weighted by Crippen LogP contribution is -1.90. The smallest absolute Gasteiger partial charge is 0.0276 e. The van der Waals surface area contributed by atoms with Gasteiger partial charge in [0.15, 0.2) is 0 Å². The zero-order valence-electron chi connectivity index (χ0n) is 10.2. The van der Waals surface area contributed by atoms with Crippen molar-refractivity contribution >= 4 is 0 Å². The molecule has 1 aromatic carbocycles. The number of rotatable bonds is 6. The van der Waals surface area contributed by atoms with Crippen molar-refractivity contribution in [1.29, 1.82) is 0 Å². The second-order valence-electron chi connectivity index (χ2n) is 4.45. The third kappa shape index (κ3) is 4.51. The number of benzene rings is 1. The van der Waals surface area contributed by atoms with Crippen LogP contribution in [0.5, 0.6) is 0 Å². The van der Waals surface area contributed by atoms with Gasteiger partial charge >= 0.3 is 0 Å². The molecule has 0 spiro atoms. The zero-order valence-corrected chi connectivity index (χ0v) is 10.2. The van der Waals surface area contributed by atoms with E-state index in [1.165, 1.54) is 48.8 Å². The monoisotopic (exact) mass is 203 g/mol. The van der Waals surface area contributed by atoms with Gasteiger partial charge in [-0.1, -0.05) is 56.4 Å². The van der Waals surface area contributed by atoms with Crippen LogP contribution in [0.4, 0.5) is 0 Å². The van der Waals surface area contributed by atoms with Gasteiger partial charge in [-0.3, -0.25) is 0 Å². The fourth-order valence-corrected chi connectivity index (χ4v) is 1.97. The van der Waals surface area contributed by atoms with E-state index in [0.717, 1.165) is 6.42 Å². The van der Waals surface area contributed by atoms with Crippen LogP contribution in [0, 0.1) is 20.8 Å². The molecule has 1 radical (unpaired) electrons. The predicted molar refractivity (Wildman–Crippen MR) is 68.1 cm³/mol. The van der Waals surface area contributed by atoms with Gasteiger partial charge in [0.1, 0.15) is 0 Å². The zero-order chi connectivity index (χ0) is 11.1. The molecule has 0 heterocycles. The van der Waals surface area contributed by atoms with Crippen LogP contribution in [0.1, 0.15) is 48.8 Å². The summed E-state index contributed by atoms with van der Waals surface area (Å²) in [6.07, 6.45) is 7.63. The average Bonchev–Trinajstić information content (AvgIpc) is 2.20. The fraction of sp³-hybridized carbons (Fsp3) is 0.533. The molecule has 15 heavy (non-hydrogen) atoms. The van der Waals surface area contributed by atoms with Crippen LogP contribution in [-0.4, -0.2) is 0 Å². The van der Waals surface area contributed by atoms with Crippen molar-refractivity contribution in [3.63, 3.8) is 0 Å². The Bertz CT molecular complexity index is 286. The van der Waals surface area contributed by atoms with Gasteiger partial charge in [0, 0.05) is 0 Å². The number of hydrogen-bond acceptors (Lipinski definition) is 0. The molecule has 0 nitrogen and oxygen atoms in total. The first-order valence-electron chi connectivity index (χ1n) is 6.09. The van der Waals surface area contributed by atoms with Crippen LogP contribution < -0.4 is 0 Å². The van der Waals surface area contributed by atoms with Gasteiger partial charge in [0.2, 0.25) is 0 Å². The Morgan fingerprint density at radius 3 is 2.40 bits per heavy atom. The van der Waals surface area contributed by atoms with E-state index in [9.17, 15) is 0 Å². The summed E-state index contributed by atoms with van der Waals surface area (Å²) < 4.78 is 0. The van der Waals surface area contributed by atoms with Crippen molar-refractivity contribution in [3.8, 4) is 0 Å². The molecule has 0 aliphatic heterocycles. The molecular weight excluding hydrogens is 180 g/mol. The molecule has 0 saturated heterocycles. The Morgan fingerprint density at radius 2 is 1.73 bits per heavy atom. The molecule has 0 aliphatic rings.